The van der Waals surface area contributed by atoms with Crippen molar-refractivity contribution in [3.63, 3.8) is 0 Å². The molecule has 0 bridgehead atoms. The SMILES string of the molecule is COC(=O)c1cc(-c2ccc(Cl)cc2)nn(-c2cccc(Cl)c2)c1=O. The number of carbonyl (C=O) groups excluding carboxylic acids is 1. The molecular weight excluding hydrogens is 363 g/mol. The van der Waals surface area contributed by atoms with Crippen molar-refractivity contribution in [1.82, 2.24) is 9.78 Å². The van der Waals surface area contributed by atoms with E-state index in [-0.39, 0.29) is 5.56 Å². The molecule has 7 heteroatoms. The Labute approximate surface area is 153 Å². The minimum absolute atomic E-state index is 0.123. The molecule has 3 aromatic rings. The van der Waals surface area contributed by atoms with Crippen LogP contribution in [0.25, 0.3) is 16.9 Å². The zero-order valence-electron chi connectivity index (χ0n) is 13.1. The Morgan fingerprint density at radius 1 is 1.04 bits per heavy atom. The molecule has 3 rings (SSSR count). The van der Waals surface area contributed by atoms with Crippen molar-refractivity contribution in [1.29, 1.82) is 0 Å². The second-order valence-electron chi connectivity index (χ2n) is 5.14. The maximum absolute atomic E-state index is 12.7. The van der Waals surface area contributed by atoms with Gasteiger partial charge in [0.05, 0.1) is 18.5 Å². The van der Waals surface area contributed by atoms with E-state index in [9.17, 15) is 9.59 Å². The van der Waals surface area contributed by atoms with Crippen LogP contribution in [0.5, 0.6) is 0 Å². The molecule has 25 heavy (non-hydrogen) atoms. The predicted molar refractivity (Wildman–Crippen MR) is 96.6 cm³/mol. The lowest BCUT2D eigenvalue weighted by Gasteiger charge is -2.10. The Balaban J connectivity index is 2.27. The van der Waals surface area contributed by atoms with Gasteiger partial charge in [-0.15, -0.1) is 0 Å². The van der Waals surface area contributed by atoms with Crippen LogP contribution >= 0.6 is 23.2 Å². The van der Waals surface area contributed by atoms with Crippen LogP contribution in [0.2, 0.25) is 10.0 Å². The topological polar surface area (TPSA) is 61.2 Å². The molecule has 0 atom stereocenters. The van der Waals surface area contributed by atoms with Crippen molar-refractivity contribution in [2.45, 2.75) is 0 Å². The number of esters is 1. The quantitative estimate of drug-likeness (QED) is 0.650. The number of benzene rings is 2. The Hall–Kier alpha value is -2.63. The highest BCUT2D eigenvalue weighted by Gasteiger charge is 2.18. The second-order valence-corrected chi connectivity index (χ2v) is 6.01. The molecule has 0 radical (unpaired) electrons. The van der Waals surface area contributed by atoms with Gasteiger partial charge in [-0.2, -0.15) is 9.78 Å². The predicted octanol–water partition coefficient (Wildman–Crippen LogP) is 3.99. The van der Waals surface area contributed by atoms with Crippen LogP contribution in [0.4, 0.5) is 0 Å². The summed E-state index contributed by atoms with van der Waals surface area (Å²) in [5.41, 5.74) is 0.856. The smallest absolute Gasteiger partial charge is 0.343 e. The molecule has 0 spiro atoms. The zero-order valence-corrected chi connectivity index (χ0v) is 14.6. The van der Waals surface area contributed by atoms with Crippen LogP contribution in [0.1, 0.15) is 10.4 Å². The first kappa shape index (κ1) is 17.2. The lowest BCUT2D eigenvalue weighted by Crippen LogP contribution is -2.28. The van der Waals surface area contributed by atoms with Crippen LogP contribution in [0, 0.1) is 0 Å². The summed E-state index contributed by atoms with van der Waals surface area (Å²) in [4.78, 5) is 24.7. The fraction of sp³-hybridized carbons (Fsp3) is 0.0556. The highest BCUT2D eigenvalue weighted by molar-refractivity contribution is 6.31. The largest absolute Gasteiger partial charge is 0.465 e. The maximum atomic E-state index is 12.7. The second kappa shape index (κ2) is 7.09. The summed E-state index contributed by atoms with van der Waals surface area (Å²) >= 11 is 11.9. The van der Waals surface area contributed by atoms with Crippen molar-refractivity contribution in [3.8, 4) is 16.9 Å². The van der Waals surface area contributed by atoms with E-state index in [1.807, 2.05) is 0 Å². The molecule has 0 aliphatic carbocycles. The van der Waals surface area contributed by atoms with Gasteiger partial charge in [0.1, 0.15) is 5.56 Å². The molecule has 0 aliphatic rings. The molecule has 0 amide bonds. The highest BCUT2D eigenvalue weighted by atomic mass is 35.5. The maximum Gasteiger partial charge on any atom is 0.343 e. The van der Waals surface area contributed by atoms with Gasteiger partial charge in [0.15, 0.2) is 0 Å². The van der Waals surface area contributed by atoms with Crippen LogP contribution in [-0.4, -0.2) is 22.9 Å². The molecule has 1 heterocycles. The summed E-state index contributed by atoms with van der Waals surface area (Å²) in [5, 5.41) is 5.37. The molecule has 126 valence electrons. The zero-order chi connectivity index (χ0) is 18.0. The fourth-order valence-electron chi connectivity index (χ4n) is 2.30. The van der Waals surface area contributed by atoms with Crippen LogP contribution in [0.3, 0.4) is 0 Å². The third-order valence-electron chi connectivity index (χ3n) is 3.51. The van der Waals surface area contributed by atoms with E-state index in [2.05, 4.69) is 5.10 Å². The first-order valence-corrected chi connectivity index (χ1v) is 8.00. The Kier molecular flexibility index (Phi) is 4.88. The van der Waals surface area contributed by atoms with Crippen molar-refractivity contribution in [3.05, 3.63) is 80.6 Å². The van der Waals surface area contributed by atoms with E-state index < -0.39 is 11.5 Å². The van der Waals surface area contributed by atoms with E-state index in [1.165, 1.54) is 13.2 Å². The molecule has 0 aliphatic heterocycles. The number of hydrogen-bond donors (Lipinski definition) is 0. The molecule has 2 aromatic carbocycles. The standard InChI is InChI=1S/C18H12Cl2N2O3/c1-25-18(24)15-10-16(11-5-7-12(19)8-6-11)21-22(17(15)23)14-4-2-3-13(20)9-14/h2-10H,1H3. The Morgan fingerprint density at radius 2 is 1.76 bits per heavy atom. The van der Waals surface area contributed by atoms with Crippen molar-refractivity contribution in [2.24, 2.45) is 0 Å². The van der Waals surface area contributed by atoms with Crippen LogP contribution in [0.15, 0.2) is 59.4 Å². The van der Waals surface area contributed by atoms with E-state index in [0.717, 1.165) is 4.68 Å². The molecule has 5 nitrogen and oxygen atoms in total. The summed E-state index contributed by atoms with van der Waals surface area (Å²) in [6, 6.07) is 14.9. The van der Waals surface area contributed by atoms with E-state index in [1.54, 1.807) is 48.5 Å². The summed E-state index contributed by atoms with van der Waals surface area (Å²) in [6.07, 6.45) is 0. The lowest BCUT2D eigenvalue weighted by atomic mass is 10.1. The number of halogens is 2. The van der Waals surface area contributed by atoms with E-state index in [4.69, 9.17) is 27.9 Å². The Morgan fingerprint density at radius 3 is 2.40 bits per heavy atom. The third-order valence-corrected chi connectivity index (χ3v) is 4.00. The lowest BCUT2D eigenvalue weighted by molar-refractivity contribution is 0.0598. The van der Waals surface area contributed by atoms with Crippen molar-refractivity contribution < 1.29 is 9.53 Å². The number of aromatic nitrogens is 2. The van der Waals surface area contributed by atoms with Crippen LogP contribution < -0.4 is 5.56 Å². The van der Waals surface area contributed by atoms with Gasteiger partial charge in [0, 0.05) is 15.6 Å². The Bertz CT molecular complexity index is 998. The summed E-state index contributed by atoms with van der Waals surface area (Å²) in [6.45, 7) is 0. The van der Waals surface area contributed by atoms with E-state index in [0.29, 0.717) is 27.0 Å². The van der Waals surface area contributed by atoms with Gasteiger partial charge in [-0.3, -0.25) is 4.79 Å². The number of methoxy groups -OCH3 is 1. The fourth-order valence-corrected chi connectivity index (χ4v) is 2.61. The molecule has 0 unspecified atom stereocenters. The van der Waals surface area contributed by atoms with Crippen molar-refractivity contribution in [2.75, 3.05) is 7.11 Å². The minimum Gasteiger partial charge on any atom is -0.465 e. The number of nitrogens with zero attached hydrogens (tertiary/aromatic N) is 2. The number of carbonyl (C=O) groups is 1. The van der Waals surface area contributed by atoms with Crippen LogP contribution in [-0.2, 0) is 4.74 Å². The molecular formula is C18H12Cl2N2O3. The van der Waals surface area contributed by atoms with Crippen molar-refractivity contribution >= 4 is 29.2 Å². The number of rotatable bonds is 3. The van der Waals surface area contributed by atoms with Gasteiger partial charge in [-0.05, 0) is 36.4 Å². The van der Waals surface area contributed by atoms with Gasteiger partial charge in [0.25, 0.3) is 5.56 Å². The first-order valence-electron chi connectivity index (χ1n) is 7.24. The van der Waals surface area contributed by atoms with E-state index >= 15 is 0 Å². The summed E-state index contributed by atoms with van der Waals surface area (Å²) in [7, 11) is 1.22. The number of hydrogen-bond acceptors (Lipinski definition) is 4. The van der Waals surface area contributed by atoms with Gasteiger partial charge in [-0.25, -0.2) is 4.79 Å². The average Bonchev–Trinajstić information content (AvgIpc) is 2.62. The average molecular weight is 375 g/mol. The molecule has 0 fully saturated rings. The minimum atomic E-state index is -0.738. The number of ether oxygens (including phenoxy) is 1. The summed E-state index contributed by atoms with van der Waals surface area (Å²) in [5.74, 6) is -0.738. The van der Waals surface area contributed by atoms with Gasteiger partial charge >= 0.3 is 5.97 Å². The van der Waals surface area contributed by atoms with Gasteiger partial charge in [-0.1, -0.05) is 41.4 Å². The monoisotopic (exact) mass is 374 g/mol. The summed E-state index contributed by atoms with van der Waals surface area (Å²) < 4.78 is 5.84. The molecule has 1 aromatic heterocycles. The molecule has 0 saturated heterocycles. The van der Waals surface area contributed by atoms with Gasteiger partial charge < -0.3 is 4.74 Å². The first-order chi connectivity index (χ1) is 12.0. The normalized spacial score (nSPS) is 10.5. The molecule has 0 N–H and O–H groups in total. The third kappa shape index (κ3) is 3.57. The molecule has 0 saturated carbocycles. The highest BCUT2D eigenvalue weighted by Crippen LogP contribution is 2.21. The van der Waals surface area contributed by atoms with Gasteiger partial charge in [0.2, 0.25) is 0 Å².